The number of nitrogens with zero attached hydrogens (tertiary/aromatic N) is 1. The zero-order valence-corrected chi connectivity index (χ0v) is 13.1. The molecule has 2 nitrogen and oxygen atoms in total. The lowest BCUT2D eigenvalue weighted by Crippen LogP contribution is -2.23. The summed E-state index contributed by atoms with van der Waals surface area (Å²) in [6, 6.07) is 9.93. The largest absolute Gasteiger partial charge is 0.314 e. The van der Waals surface area contributed by atoms with Gasteiger partial charge >= 0.3 is 0 Å². The molecule has 0 amide bonds. The third-order valence-electron chi connectivity index (χ3n) is 5.72. The van der Waals surface area contributed by atoms with Crippen LogP contribution in [-0.4, -0.2) is 30.6 Å². The van der Waals surface area contributed by atoms with Crippen LogP contribution in [-0.2, 0) is 13.0 Å². The van der Waals surface area contributed by atoms with Crippen LogP contribution in [0.25, 0.3) is 0 Å². The molecule has 1 heterocycles. The Morgan fingerprint density at radius 1 is 0.952 bits per heavy atom. The third kappa shape index (κ3) is 3.32. The highest BCUT2D eigenvalue weighted by Crippen LogP contribution is 2.38. The number of benzene rings is 1. The van der Waals surface area contributed by atoms with Crippen LogP contribution in [0, 0.1) is 11.8 Å². The van der Waals surface area contributed by atoms with Crippen LogP contribution >= 0.6 is 0 Å². The fourth-order valence-electron chi connectivity index (χ4n) is 4.36. The van der Waals surface area contributed by atoms with Gasteiger partial charge in [-0.15, -0.1) is 0 Å². The lowest BCUT2D eigenvalue weighted by atomic mass is 10.0. The number of fused-ring (bicyclic) bond motifs is 1. The smallest absolute Gasteiger partial charge is 0.0236 e. The van der Waals surface area contributed by atoms with Crippen LogP contribution in [0.2, 0.25) is 0 Å². The predicted octanol–water partition coefficient (Wildman–Crippen LogP) is 3.21. The number of rotatable bonds is 6. The van der Waals surface area contributed by atoms with Crippen LogP contribution in [0.4, 0.5) is 0 Å². The molecular weight excluding hydrogens is 256 g/mol. The van der Waals surface area contributed by atoms with E-state index >= 15 is 0 Å². The van der Waals surface area contributed by atoms with Crippen LogP contribution in [0.15, 0.2) is 24.3 Å². The standard InChI is InChI=1S/C19H28N2/c1-2-5-16(15(4-1)10-11-20-19-8-9-19)12-21-13-17-6-3-7-18(17)14-21/h1-2,4-5,17-20H,3,6-14H2. The van der Waals surface area contributed by atoms with Crippen molar-refractivity contribution in [2.75, 3.05) is 19.6 Å². The summed E-state index contributed by atoms with van der Waals surface area (Å²) in [5, 5.41) is 3.64. The van der Waals surface area contributed by atoms with Gasteiger partial charge in [0.1, 0.15) is 0 Å². The fraction of sp³-hybridized carbons (Fsp3) is 0.684. The van der Waals surface area contributed by atoms with Crippen LogP contribution in [0.5, 0.6) is 0 Å². The maximum atomic E-state index is 3.64. The molecular formula is C19H28N2. The van der Waals surface area contributed by atoms with Gasteiger partial charge in [0.15, 0.2) is 0 Å². The van der Waals surface area contributed by atoms with E-state index in [0.29, 0.717) is 0 Å². The average molecular weight is 284 g/mol. The van der Waals surface area contributed by atoms with Gasteiger partial charge in [-0.25, -0.2) is 0 Å². The van der Waals surface area contributed by atoms with E-state index in [1.807, 2.05) is 0 Å². The molecule has 1 aliphatic heterocycles. The summed E-state index contributed by atoms with van der Waals surface area (Å²) in [6.45, 7) is 5.01. The maximum absolute atomic E-state index is 3.64. The van der Waals surface area contributed by atoms with Gasteiger partial charge < -0.3 is 5.32 Å². The van der Waals surface area contributed by atoms with Gasteiger partial charge in [0.2, 0.25) is 0 Å². The maximum Gasteiger partial charge on any atom is 0.0236 e. The average Bonchev–Trinajstić information content (AvgIpc) is 3.07. The molecule has 3 aliphatic rings. The second kappa shape index (κ2) is 6.10. The minimum atomic E-state index is 0.829. The summed E-state index contributed by atoms with van der Waals surface area (Å²) in [6.07, 6.45) is 8.40. The van der Waals surface area contributed by atoms with E-state index < -0.39 is 0 Å². The first-order chi connectivity index (χ1) is 10.4. The molecule has 0 spiro atoms. The first-order valence-corrected chi connectivity index (χ1v) is 8.91. The van der Waals surface area contributed by atoms with Crippen molar-refractivity contribution in [1.29, 1.82) is 0 Å². The molecule has 1 aromatic rings. The molecule has 1 N–H and O–H groups in total. The molecule has 0 radical (unpaired) electrons. The Bertz CT molecular complexity index is 468. The van der Waals surface area contributed by atoms with Crippen molar-refractivity contribution < 1.29 is 0 Å². The summed E-state index contributed by atoms with van der Waals surface area (Å²) in [5.41, 5.74) is 3.12. The molecule has 2 heteroatoms. The van der Waals surface area contributed by atoms with Crippen LogP contribution in [0.1, 0.15) is 43.2 Å². The summed E-state index contributed by atoms with van der Waals surface area (Å²) in [4.78, 5) is 2.71. The summed E-state index contributed by atoms with van der Waals surface area (Å²) < 4.78 is 0. The molecule has 114 valence electrons. The second-order valence-corrected chi connectivity index (χ2v) is 7.39. The van der Waals surface area contributed by atoms with Crippen molar-refractivity contribution in [3.63, 3.8) is 0 Å². The van der Waals surface area contributed by atoms with Crippen molar-refractivity contribution in [3.8, 4) is 0 Å². The van der Waals surface area contributed by atoms with Crippen LogP contribution < -0.4 is 5.32 Å². The van der Waals surface area contributed by atoms with E-state index in [9.17, 15) is 0 Å². The lowest BCUT2D eigenvalue weighted by molar-refractivity contribution is 0.302. The molecule has 0 bridgehead atoms. The van der Waals surface area contributed by atoms with Crippen molar-refractivity contribution >= 4 is 0 Å². The minimum Gasteiger partial charge on any atom is -0.314 e. The number of hydrogen-bond donors (Lipinski definition) is 1. The van der Waals surface area contributed by atoms with Gasteiger partial charge in [0.05, 0.1) is 0 Å². The van der Waals surface area contributed by atoms with Gasteiger partial charge in [-0.2, -0.15) is 0 Å². The van der Waals surface area contributed by atoms with Crippen molar-refractivity contribution in [1.82, 2.24) is 10.2 Å². The Balaban J connectivity index is 1.35. The van der Waals surface area contributed by atoms with E-state index in [1.54, 1.807) is 11.1 Å². The normalized spacial score (nSPS) is 29.0. The summed E-state index contributed by atoms with van der Waals surface area (Å²) in [7, 11) is 0. The zero-order chi connectivity index (χ0) is 14.1. The molecule has 1 aromatic carbocycles. The molecule has 2 aliphatic carbocycles. The number of nitrogens with one attached hydrogen (secondary N) is 1. The SMILES string of the molecule is c1ccc(CN2CC3CCCC3C2)c(CCNC2CC2)c1. The molecule has 0 aromatic heterocycles. The second-order valence-electron chi connectivity index (χ2n) is 7.39. The topological polar surface area (TPSA) is 15.3 Å². The van der Waals surface area contributed by atoms with Gasteiger partial charge in [-0.1, -0.05) is 30.7 Å². The molecule has 2 atom stereocenters. The van der Waals surface area contributed by atoms with Crippen LogP contribution in [0.3, 0.4) is 0 Å². The van der Waals surface area contributed by atoms with E-state index in [0.717, 1.165) is 24.4 Å². The first kappa shape index (κ1) is 13.8. The number of hydrogen-bond acceptors (Lipinski definition) is 2. The summed E-state index contributed by atoms with van der Waals surface area (Å²) >= 11 is 0. The Labute approximate surface area is 128 Å². The van der Waals surface area contributed by atoms with Crippen molar-refractivity contribution in [2.24, 2.45) is 11.8 Å². The molecule has 4 rings (SSSR count). The molecule has 21 heavy (non-hydrogen) atoms. The highest BCUT2D eigenvalue weighted by Gasteiger charge is 2.35. The Hall–Kier alpha value is -0.860. The Morgan fingerprint density at radius 3 is 2.38 bits per heavy atom. The van der Waals surface area contributed by atoms with Crippen molar-refractivity contribution in [3.05, 3.63) is 35.4 Å². The van der Waals surface area contributed by atoms with Gasteiger partial charge in [-0.3, -0.25) is 4.90 Å². The number of likely N-dealkylation sites (tertiary alicyclic amines) is 1. The minimum absolute atomic E-state index is 0.829. The quantitative estimate of drug-likeness (QED) is 0.863. The first-order valence-electron chi connectivity index (χ1n) is 8.91. The molecule has 2 saturated carbocycles. The van der Waals surface area contributed by atoms with E-state index in [-0.39, 0.29) is 0 Å². The molecule has 3 fully saturated rings. The van der Waals surface area contributed by atoms with E-state index in [2.05, 4.69) is 34.5 Å². The summed E-state index contributed by atoms with van der Waals surface area (Å²) in [5.74, 6) is 2.02. The van der Waals surface area contributed by atoms with Gasteiger partial charge in [0.25, 0.3) is 0 Å². The fourth-order valence-corrected chi connectivity index (χ4v) is 4.36. The van der Waals surface area contributed by atoms with Gasteiger partial charge in [-0.05, 0) is 61.6 Å². The zero-order valence-electron chi connectivity index (χ0n) is 13.1. The lowest BCUT2D eigenvalue weighted by Gasteiger charge is -2.19. The predicted molar refractivity (Wildman–Crippen MR) is 87.3 cm³/mol. The monoisotopic (exact) mass is 284 g/mol. The molecule has 1 saturated heterocycles. The van der Waals surface area contributed by atoms with E-state index in [4.69, 9.17) is 0 Å². The van der Waals surface area contributed by atoms with E-state index in [1.165, 1.54) is 58.2 Å². The molecule has 2 unspecified atom stereocenters. The highest BCUT2D eigenvalue weighted by atomic mass is 15.2. The Morgan fingerprint density at radius 2 is 1.67 bits per heavy atom. The third-order valence-corrected chi connectivity index (χ3v) is 5.72. The Kier molecular flexibility index (Phi) is 4.00. The van der Waals surface area contributed by atoms with Crippen molar-refractivity contribution in [2.45, 2.75) is 51.1 Å². The highest BCUT2D eigenvalue weighted by molar-refractivity contribution is 5.27. The van der Waals surface area contributed by atoms with Gasteiger partial charge in [0, 0.05) is 25.7 Å².